The lowest BCUT2D eigenvalue weighted by atomic mass is 10.0. The molecule has 0 spiro atoms. The molecule has 0 bridgehead atoms. The van der Waals surface area contributed by atoms with Gasteiger partial charge in [-0.1, -0.05) is 48.5 Å². The third-order valence-electron chi connectivity index (χ3n) is 4.54. The van der Waals surface area contributed by atoms with Crippen LogP contribution in [0.3, 0.4) is 0 Å². The van der Waals surface area contributed by atoms with Crippen molar-refractivity contribution in [2.45, 2.75) is 13.5 Å². The molecule has 3 aromatic carbocycles. The highest BCUT2D eigenvalue weighted by Gasteiger charge is 2.15. The lowest BCUT2D eigenvalue weighted by Gasteiger charge is -2.08. The number of aromatic hydroxyl groups is 1. The van der Waals surface area contributed by atoms with Crippen molar-refractivity contribution in [3.8, 4) is 23.0 Å². The Morgan fingerprint density at radius 2 is 1.69 bits per heavy atom. The first-order valence-electron chi connectivity index (χ1n) is 9.19. The predicted molar refractivity (Wildman–Crippen MR) is 109 cm³/mol. The van der Waals surface area contributed by atoms with Gasteiger partial charge in [0.15, 0.2) is 5.78 Å². The number of hydrogen-bond acceptors (Lipinski definition) is 5. The molecule has 0 saturated heterocycles. The number of phenols is 1. The van der Waals surface area contributed by atoms with E-state index in [9.17, 15) is 9.90 Å². The summed E-state index contributed by atoms with van der Waals surface area (Å²) in [5, 5.41) is 10.3. The topological polar surface area (TPSA) is 72.6 Å². The summed E-state index contributed by atoms with van der Waals surface area (Å²) in [6.45, 7) is 2.02. The Morgan fingerprint density at radius 3 is 2.38 bits per heavy atom. The fraction of sp³-hybridized carbons (Fsp3) is 0.0833. The maximum absolute atomic E-state index is 12.5. The molecule has 0 fully saturated rings. The number of hydrogen-bond donors (Lipinski definition) is 1. The van der Waals surface area contributed by atoms with Crippen LogP contribution in [-0.2, 0) is 6.61 Å². The van der Waals surface area contributed by atoms with E-state index in [2.05, 4.69) is 4.98 Å². The maximum Gasteiger partial charge on any atom is 0.226 e. The number of phenolic OH excluding ortho intramolecular Hbond substituents is 1. The van der Waals surface area contributed by atoms with Crippen LogP contribution in [0.15, 0.2) is 83.3 Å². The molecule has 144 valence electrons. The Hall–Kier alpha value is -3.86. The molecule has 1 N–H and O–H groups in total. The normalized spacial score (nSPS) is 10.7. The highest BCUT2D eigenvalue weighted by Crippen LogP contribution is 2.27. The number of aryl methyl sites for hydroxylation is 1. The van der Waals surface area contributed by atoms with Gasteiger partial charge in [0, 0.05) is 17.2 Å². The van der Waals surface area contributed by atoms with E-state index in [4.69, 9.17) is 9.15 Å². The summed E-state index contributed by atoms with van der Waals surface area (Å²) in [4.78, 5) is 17.0. The SMILES string of the molecule is Cc1oc(-c2ccccc2)nc1COc1ccc(C(=O)c2ccccc2)c(O)c1. The van der Waals surface area contributed by atoms with Gasteiger partial charge in [-0.3, -0.25) is 4.79 Å². The molecular weight excluding hydrogens is 366 g/mol. The molecule has 0 aliphatic heterocycles. The van der Waals surface area contributed by atoms with Gasteiger partial charge < -0.3 is 14.3 Å². The first-order valence-corrected chi connectivity index (χ1v) is 9.19. The Labute approximate surface area is 168 Å². The number of carbonyl (C=O) groups excluding carboxylic acids is 1. The number of carbonyl (C=O) groups is 1. The van der Waals surface area contributed by atoms with Crippen molar-refractivity contribution in [1.82, 2.24) is 4.98 Å². The van der Waals surface area contributed by atoms with Crippen LogP contribution in [0.4, 0.5) is 0 Å². The second kappa shape index (κ2) is 8.02. The minimum Gasteiger partial charge on any atom is -0.507 e. The van der Waals surface area contributed by atoms with Crippen LogP contribution in [0.25, 0.3) is 11.5 Å². The number of nitrogens with zero attached hydrogens (tertiary/aromatic N) is 1. The molecule has 5 heteroatoms. The molecule has 0 unspecified atom stereocenters. The van der Waals surface area contributed by atoms with Crippen LogP contribution in [0.5, 0.6) is 11.5 Å². The van der Waals surface area contributed by atoms with Crippen LogP contribution in [0, 0.1) is 6.92 Å². The average molecular weight is 385 g/mol. The van der Waals surface area contributed by atoms with Crippen LogP contribution in [0.2, 0.25) is 0 Å². The zero-order chi connectivity index (χ0) is 20.2. The summed E-state index contributed by atoms with van der Waals surface area (Å²) in [6.07, 6.45) is 0. The standard InChI is InChI=1S/C24H19NO4/c1-16-21(25-24(29-16)18-10-6-3-7-11-18)15-28-19-12-13-20(22(26)14-19)23(27)17-8-4-2-5-9-17/h2-14,26H,15H2,1H3. The monoisotopic (exact) mass is 385 g/mol. The molecule has 4 rings (SSSR count). The minimum atomic E-state index is -0.241. The largest absolute Gasteiger partial charge is 0.507 e. The van der Waals surface area contributed by atoms with Crippen LogP contribution in [0.1, 0.15) is 27.4 Å². The third kappa shape index (κ3) is 4.04. The van der Waals surface area contributed by atoms with Gasteiger partial charge in [-0.25, -0.2) is 4.98 Å². The van der Waals surface area contributed by atoms with Gasteiger partial charge in [-0.05, 0) is 31.2 Å². The van der Waals surface area contributed by atoms with E-state index in [-0.39, 0.29) is 23.7 Å². The van der Waals surface area contributed by atoms with Gasteiger partial charge in [-0.15, -0.1) is 0 Å². The lowest BCUT2D eigenvalue weighted by Crippen LogP contribution is -2.02. The van der Waals surface area contributed by atoms with E-state index in [1.165, 1.54) is 6.07 Å². The molecule has 0 saturated carbocycles. The maximum atomic E-state index is 12.5. The summed E-state index contributed by atoms with van der Waals surface area (Å²) < 4.78 is 11.5. The first kappa shape index (κ1) is 18.5. The molecule has 4 aromatic rings. The number of ether oxygens (including phenoxy) is 1. The summed E-state index contributed by atoms with van der Waals surface area (Å²) in [5.41, 5.74) is 2.31. The van der Waals surface area contributed by atoms with E-state index >= 15 is 0 Å². The number of benzene rings is 3. The quantitative estimate of drug-likeness (QED) is 0.464. The second-order valence-corrected chi connectivity index (χ2v) is 6.55. The number of aromatic nitrogens is 1. The molecule has 0 aliphatic carbocycles. The zero-order valence-electron chi connectivity index (χ0n) is 15.8. The number of oxazole rings is 1. The van der Waals surface area contributed by atoms with Crippen LogP contribution >= 0.6 is 0 Å². The fourth-order valence-electron chi connectivity index (χ4n) is 2.96. The van der Waals surface area contributed by atoms with Crippen molar-refractivity contribution in [1.29, 1.82) is 0 Å². The molecule has 1 heterocycles. The van der Waals surface area contributed by atoms with E-state index in [1.54, 1.807) is 36.4 Å². The van der Waals surface area contributed by atoms with Crippen LogP contribution in [-0.4, -0.2) is 15.9 Å². The summed E-state index contributed by atoms with van der Waals surface area (Å²) in [7, 11) is 0. The molecule has 0 aliphatic rings. The van der Waals surface area contributed by atoms with E-state index in [0.717, 1.165) is 5.56 Å². The van der Waals surface area contributed by atoms with Crippen molar-refractivity contribution in [3.05, 3.63) is 101 Å². The molecule has 1 aromatic heterocycles. The van der Waals surface area contributed by atoms with E-state index < -0.39 is 0 Å². The zero-order valence-corrected chi connectivity index (χ0v) is 15.8. The molecular formula is C24H19NO4. The number of ketones is 1. The highest BCUT2D eigenvalue weighted by atomic mass is 16.5. The summed E-state index contributed by atoms with van der Waals surface area (Å²) in [6, 6.07) is 23.1. The minimum absolute atomic E-state index is 0.127. The smallest absolute Gasteiger partial charge is 0.226 e. The average Bonchev–Trinajstić information content (AvgIpc) is 3.14. The van der Waals surface area contributed by atoms with Gasteiger partial charge in [-0.2, -0.15) is 0 Å². The summed E-state index contributed by atoms with van der Waals surface area (Å²) in [5.74, 6) is 1.28. The van der Waals surface area contributed by atoms with Crippen molar-refractivity contribution >= 4 is 5.78 Å². The van der Waals surface area contributed by atoms with Gasteiger partial charge in [0.2, 0.25) is 5.89 Å². The predicted octanol–water partition coefficient (Wildman–Crippen LogP) is 5.17. The van der Waals surface area contributed by atoms with Gasteiger partial charge in [0.25, 0.3) is 0 Å². The van der Waals surface area contributed by atoms with Crippen molar-refractivity contribution < 1.29 is 19.1 Å². The fourth-order valence-corrected chi connectivity index (χ4v) is 2.96. The Kier molecular flexibility index (Phi) is 5.12. The summed E-state index contributed by atoms with van der Waals surface area (Å²) >= 11 is 0. The van der Waals surface area contributed by atoms with E-state index in [1.807, 2.05) is 43.3 Å². The second-order valence-electron chi connectivity index (χ2n) is 6.55. The molecule has 0 radical (unpaired) electrons. The molecule has 0 atom stereocenters. The molecule has 29 heavy (non-hydrogen) atoms. The molecule has 5 nitrogen and oxygen atoms in total. The molecule has 0 amide bonds. The lowest BCUT2D eigenvalue weighted by molar-refractivity contribution is 0.103. The van der Waals surface area contributed by atoms with Gasteiger partial charge in [0.1, 0.15) is 29.6 Å². The highest BCUT2D eigenvalue weighted by molar-refractivity contribution is 6.10. The van der Waals surface area contributed by atoms with Crippen molar-refractivity contribution in [2.75, 3.05) is 0 Å². The first-order chi connectivity index (χ1) is 14.1. The Bertz CT molecular complexity index is 1130. The van der Waals surface area contributed by atoms with Crippen molar-refractivity contribution in [3.63, 3.8) is 0 Å². The Morgan fingerprint density at radius 1 is 1.00 bits per heavy atom. The number of rotatable bonds is 6. The van der Waals surface area contributed by atoms with Gasteiger partial charge in [0.05, 0.1) is 5.56 Å². The van der Waals surface area contributed by atoms with Gasteiger partial charge >= 0.3 is 0 Å². The Balaban J connectivity index is 1.48. The van der Waals surface area contributed by atoms with E-state index in [0.29, 0.717) is 28.7 Å². The third-order valence-corrected chi connectivity index (χ3v) is 4.54. The van der Waals surface area contributed by atoms with Crippen LogP contribution < -0.4 is 4.74 Å². The van der Waals surface area contributed by atoms with Crippen molar-refractivity contribution in [2.24, 2.45) is 0 Å².